The van der Waals surface area contributed by atoms with Crippen LogP contribution in [0.25, 0.3) is 0 Å². The predicted octanol–water partition coefficient (Wildman–Crippen LogP) is 2.57. The summed E-state index contributed by atoms with van der Waals surface area (Å²) < 4.78 is 10.9. The maximum atomic E-state index is 5.71. The van der Waals surface area contributed by atoms with Gasteiger partial charge in [0.25, 0.3) is 0 Å². The van der Waals surface area contributed by atoms with Crippen molar-refractivity contribution < 1.29 is 9.47 Å². The predicted molar refractivity (Wildman–Crippen MR) is 89.8 cm³/mol. The number of ether oxygens (including phenoxy) is 2. The summed E-state index contributed by atoms with van der Waals surface area (Å²) in [5.74, 6) is 2.12. The highest BCUT2D eigenvalue weighted by Crippen LogP contribution is 2.26. The van der Waals surface area contributed by atoms with Crippen LogP contribution in [0.1, 0.15) is 12.0 Å². The van der Waals surface area contributed by atoms with Crippen LogP contribution < -0.4 is 9.64 Å². The molecule has 122 valence electrons. The van der Waals surface area contributed by atoms with Crippen molar-refractivity contribution >= 4 is 5.95 Å². The molecule has 3 rings (SSSR count). The van der Waals surface area contributed by atoms with Gasteiger partial charge in [-0.3, -0.25) is 0 Å². The Kier molecular flexibility index (Phi) is 5.08. The van der Waals surface area contributed by atoms with Crippen molar-refractivity contribution in [2.24, 2.45) is 5.92 Å². The Bertz CT molecular complexity index is 603. The number of benzene rings is 1. The van der Waals surface area contributed by atoms with E-state index in [-0.39, 0.29) is 6.10 Å². The van der Waals surface area contributed by atoms with Crippen LogP contribution in [0.4, 0.5) is 5.95 Å². The van der Waals surface area contributed by atoms with Crippen LogP contribution in [0.2, 0.25) is 0 Å². The highest BCUT2D eigenvalue weighted by Gasteiger charge is 2.30. The van der Waals surface area contributed by atoms with Crippen molar-refractivity contribution in [1.82, 2.24) is 9.97 Å². The molecule has 0 saturated carbocycles. The first-order chi connectivity index (χ1) is 11.3. The second-order valence-corrected chi connectivity index (χ2v) is 5.87. The zero-order chi connectivity index (χ0) is 16.1. The van der Waals surface area contributed by atoms with Gasteiger partial charge in [-0.1, -0.05) is 12.1 Å². The molecule has 0 amide bonds. The molecule has 1 saturated heterocycles. The van der Waals surface area contributed by atoms with Crippen LogP contribution in [-0.2, 0) is 11.2 Å². The van der Waals surface area contributed by atoms with Crippen molar-refractivity contribution in [2.45, 2.75) is 18.9 Å². The molecule has 0 radical (unpaired) electrons. The molecule has 2 aromatic rings. The minimum atomic E-state index is 0.275. The van der Waals surface area contributed by atoms with Gasteiger partial charge in [0.15, 0.2) is 0 Å². The molecule has 1 aromatic heterocycles. The fourth-order valence-corrected chi connectivity index (χ4v) is 3.22. The van der Waals surface area contributed by atoms with Crippen LogP contribution in [0.5, 0.6) is 5.75 Å². The number of hydrogen-bond acceptors (Lipinski definition) is 5. The zero-order valence-electron chi connectivity index (χ0n) is 13.7. The summed E-state index contributed by atoms with van der Waals surface area (Å²) >= 11 is 0. The van der Waals surface area contributed by atoms with Gasteiger partial charge in [0.1, 0.15) is 5.75 Å². The number of anilines is 1. The molecule has 0 bridgehead atoms. The van der Waals surface area contributed by atoms with Gasteiger partial charge >= 0.3 is 0 Å². The number of nitrogens with zero attached hydrogens (tertiary/aromatic N) is 3. The Morgan fingerprint density at radius 3 is 2.52 bits per heavy atom. The molecule has 5 heteroatoms. The fraction of sp³-hybridized carbons (Fsp3) is 0.444. The van der Waals surface area contributed by atoms with E-state index >= 15 is 0 Å². The second-order valence-electron chi connectivity index (χ2n) is 5.87. The summed E-state index contributed by atoms with van der Waals surface area (Å²) in [5, 5.41) is 0. The van der Waals surface area contributed by atoms with Gasteiger partial charge in [-0.25, -0.2) is 9.97 Å². The van der Waals surface area contributed by atoms with E-state index in [2.05, 4.69) is 27.0 Å². The average molecular weight is 313 g/mol. The minimum Gasteiger partial charge on any atom is -0.497 e. The first-order valence-electron chi connectivity index (χ1n) is 7.98. The van der Waals surface area contributed by atoms with E-state index in [4.69, 9.17) is 9.47 Å². The second kappa shape index (κ2) is 7.42. The lowest BCUT2D eigenvalue weighted by Gasteiger charge is -2.38. The normalized spacial score (nSPS) is 21.2. The molecule has 5 nitrogen and oxygen atoms in total. The molecular formula is C18H23N3O2. The summed E-state index contributed by atoms with van der Waals surface area (Å²) in [6, 6.07) is 10.1. The van der Waals surface area contributed by atoms with Gasteiger partial charge in [-0.15, -0.1) is 0 Å². The van der Waals surface area contributed by atoms with Crippen LogP contribution in [0.15, 0.2) is 42.7 Å². The van der Waals surface area contributed by atoms with E-state index in [1.54, 1.807) is 26.6 Å². The quantitative estimate of drug-likeness (QED) is 0.849. The molecule has 2 heterocycles. The number of hydrogen-bond donors (Lipinski definition) is 0. The fourth-order valence-electron chi connectivity index (χ4n) is 3.22. The Morgan fingerprint density at radius 1 is 1.13 bits per heavy atom. The molecule has 1 aliphatic rings. The van der Waals surface area contributed by atoms with E-state index in [0.29, 0.717) is 5.92 Å². The van der Waals surface area contributed by atoms with Gasteiger partial charge in [0.2, 0.25) is 5.95 Å². The molecule has 0 N–H and O–H groups in total. The largest absolute Gasteiger partial charge is 0.497 e. The number of aromatic nitrogens is 2. The molecule has 1 aromatic carbocycles. The lowest BCUT2D eigenvalue weighted by Crippen LogP contribution is -2.45. The van der Waals surface area contributed by atoms with Gasteiger partial charge in [0.05, 0.1) is 13.2 Å². The van der Waals surface area contributed by atoms with Crippen LogP contribution in [0.3, 0.4) is 0 Å². The molecule has 23 heavy (non-hydrogen) atoms. The topological polar surface area (TPSA) is 47.5 Å². The van der Waals surface area contributed by atoms with Gasteiger partial charge in [0, 0.05) is 38.5 Å². The van der Waals surface area contributed by atoms with Crippen molar-refractivity contribution in [2.75, 3.05) is 32.2 Å². The number of piperidine rings is 1. The summed E-state index contributed by atoms with van der Waals surface area (Å²) in [5.41, 5.74) is 1.30. The van der Waals surface area contributed by atoms with Gasteiger partial charge < -0.3 is 14.4 Å². The van der Waals surface area contributed by atoms with E-state index in [1.165, 1.54) is 5.56 Å². The van der Waals surface area contributed by atoms with Crippen LogP contribution >= 0.6 is 0 Å². The van der Waals surface area contributed by atoms with E-state index < -0.39 is 0 Å². The summed E-state index contributed by atoms with van der Waals surface area (Å²) in [7, 11) is 3.50. The lowest BCUT2D eigenvalue weighted by molar-refractivity contribution is 0.0374. The van der Waals surface area contributed by atoms with Gasteiger partial charge in [-0.2, -0.15) is 0 Å². The molecule has 0 aliphatic carbocycles. The third-order valence-corrected chi connectivity index (χ3v) is 4.46. The molecule has 0 spiro atoms. The van der Waals surface area contributed by atoms with Crippen molar-refractivity contribution in [3.63, 3.8) is 0 Å². The molecule has 1 aliphatic heterocycles. The standard InChI is InChI=1S/C18H23N3O2/c1-22-16-6-4-14(5-7-16)12-15-13-21(11-8-17(15)23-2)18-19-9-3-10-20-18/h3-7,9-10,15,17H,8,11-13H2,1-2H3/t15-,17+/m0/s1. The van der Waals surface area contributed by atoms with Crippen molar-refractivity contribution in [3.8, 4) is 5.75 Å². The first-order valence-corrected chi connectivity index (χ1v) is 7.98. The van der Waals surface area contributed by atoms with Crippen molar-refractivity contribution in [1.29, 1.82) is 0 Å². The molecular weight excluding hydrogens is 290 g/mol. The number of methoxy groups -OCH3 is 2. The third-order valence-electron chi connectivity index (χ3n) is 4.46. The highest BCUT2D eigenvalue weighted by molar-refractivity contribution is 5.31. The summed E-state index contributed by atoms with van der Waals surface area (Å²) in [6.07, 6.45) is 5.84. The third kappa shape index (κ3) is 3.79. The average Bonchev–Trinajstić information content (AvgIpc) is 2.63. The smallest absolute Gasteiger partial charge is 0.225 e. The monoisotopic (exact) mass is 313 g/mol. The van der Waals surface area contributed by atoms with Gasteiger partial charge in [-0.05, 0) is 36.6 Å². The van der Waals surface area contributed by atoms with Crippen molar-refractivity contribution in [3.05, 3.63) is 48.3 Å². The maximum absolute atomic E-state index is 5.71. The molecule has 2 atom stereocenters. The first kappa shape index (κ1) is 15.7. The zero-order valence-corrected chi connectivity index (χ0v) is 13.7. The maximum Gasteiger partial charge on any atom is 0.225 e. The Balaban J connectivity index is 1.71. The SMILES string of the molecule is COc1ccc(C[C@H]2CN(c3ncccn3)CC[C@H]2OC)cc1. The number of rotatable bonds is 5. The Labute approximate surface area is 137 Å². The van der Waals surface area contributed by atoms with E-state index in [9.17, 15) is 0 Å². The molecule has 0 unspecified atom stereocenters. The highest BCUT2D eigenvalue weighted by atomic mass is 16.5. The van der Waals surface area contributed by atoms with Crippen LogP contribution in [0, 0.1) is 5.92 Å². The Hall–Kier alpha value is -2.14. The van der Waals surface area contributed by atoms with E-state index in [0.717, 1.165) is 37.6 Å². The van der Waals surface area contributed by atoms with E-state index in [1.807, 2.05) is 18.2 Å². The summed E-state index contributed by atoms with van der Waals surface area (Å²) in [4.78, 5) is 11.0. The summed E-state index contributed by atoms with van der Waals surface area (Å²) in [6.45, 7) is 1.84. The van der Waals surface area contributed by atoms with Crippen LogP contribution in [-0.4, -0.2) is 43.4 Å². The minimum absolute atomic E-state index is 0.275. The Morgan fingerprint density at radius 2 is 1.87 bits per heavy atom. The lowest BCUT2D eigenvalue weighted by atomic mass is 9.88. The molecule has 1 fully saturated rings.